The molecule has 0 amide bonds. The summed E-state index contributed by atoms with van der Waals surface area (Å²) < 4.78 is 10.7. The SMILES string of the molecule is Cc1nnc(S/C(=C\c2ccc(-c3ccc([N+](=O)[O-])cc3)o2)C(=O)[O-])o1. The largest absolute Gasteiger partial charge is 0.544 e. The van der Waals surface area contributed by atoms with Gasteiger partial charge in [-0.3, -0.25) is 10.1 Å². The number of furan rings is 1. The highest BCUT2D eigenvalue weighted by Gasteiger charge is 2.11. The molecule has 0 aliphatic carbocycles. The van der Waals surface area contributed by atoms with Crippen LogP contribution in [0.5, 0.6) is 0 Å². The van der Waals surface area contributed by atoms with Gasteiger partial charge in [0.05, 0.1) is 10.9 Å². The Kier molecular flexibility index (Phi) is 4.85. The van der Waals surface area contributed by atoms with E-state index >= 15 is 0 Å². The van der Waals surface area contributed by atoms with Gasteiger partial charge in [-0.2, -0.15) is 0 Å². The van der Waals surface area contributed by atoms with Crippen LogP contribution < -0.4 is 5.11 Å². The minimum atomic E-state index is -1.42. The number of hydrogen-bond acceptors (Lipinski definition) is 9. The molecule has 0 bridgehead atoms. The summed E-state index contributed by atoms with van der Waals surface area (Å²) in [6.07, 6.45) is 1.27. The Hall–Kier alpha value is -3.40. The van der Waals surface area contributed by atoms with Crippen molar-refractivity contribution in [1.29, 1.82) is 0 Å². The van der Waals surface area contributed by atoms with Crippen molar-refractivity contribution in [3.8, 4) is 11.3 Å². The van der Waals surface area contributed by atoms with Crippen molar-refractivity contribution in [2.24, 2.45) is 0 Å². The van der Waals surface area contributed by atoms with Crippen LogP contribution in [0, 0.1) is 17.0 Å². The molecule has 10 heteroatoms. The van der Waals surface area contributed by atoms with Crippen LogP contribution in [-0.2, 0) is 4.79 Å². The Morgan fingerprint density at radius 1 is 1.15 bits per heavy atom. The number of carbonyl (C=O) groups is 1. The van der Waals surface area contributed by atoms with Gasteiger partial charge in [-0.25, -0.2) is 0 Å². The van der Waals surface area contributed by atoms with Crippen molar-refractivity contribution in [3.63, 3.8) is 0 Å². The van der Waals surface area contributed by atoms with Crippen molar-refractivity contribution >= 4 is 29.5 Å². The molecule has 26 heavy (non-hydrogen) atoms. The van der Waals surface area contributed by atoms with E-state index < -0.39 is 10.9 Å². The van der Waals surface area contributed by atoms with Crippen LogP contribution in [0.3, 0.4) is 0 Å². The molecule has 3 rings (SSSR count). The van der Waals surface area contributed by atoms with E-state index in [4.69, 9.17) is 8.83 Å². The number of aryl methyl sites for hydroxylation is 1. The lowest BCUT2D eigenvalue weighted by molar-refractivity contribution is -0.384. The molecule has 9 nitrogen and oxygen atoms in total. The number of hydrogen-bond donors (Lipinski definition) is 0. The van der Waals surface area contributed by atoms with E-state index in [0.29, 0.717) is 17.2 Å². The summed E-state index contributed by atoms with van der Waals surface area (Å²) >= 11 is 0.747. The Balaban J connectivity index is 1.83. The predicted molar refractivity (Wildman–Crippen MR) is 88.7 cm³/mol. The third-order valence-electron chi connectivity index (χ3n) is 3.17. The highest BCUT2D eigenvalue weighted by Crippen LogP contribution is 2.29. The molecule has 1 aromatic carbocycles. The number of benzene rings is 1. The topological polar surface area (TPSA) is 135 Å². The first-order valence-corrected chi connectivity index (χ1v) is 7.99. The molecule has 2 aromatic heterocycles. The average molecular weight is 372 g/mol. The fraction of sp³-hybridized carbons (Fsp3) is 0.0625. The van der Waals surface area contributed by atoms with E-state index in [1.807, 2.05) is 0 Å². The number of non-ortho nitro benzene ring substituents is 1. The van der Waals surface area contributed by atoms with Gasteiger partial charge in [-0.1, -0.05) is 0 Å². The molecule has 132 valence electrons. The number of carboxylic acids is 1. The van der Waals surface area contributed by atoms with Crippen LogP contribution in [0.15, 0.2) is 55.4 Å². The molecule has 0 atom stereocenters. The van der Waals surface area contributed by atoms with Crippen LogP contribution in [0.25, 0.3) is 17.4 Å². The van der Waals surface area contributed by atoms with Crippen molar-refractivity contribution in [2.45, 2.75) is 12.1 Å². The number of nitrogens with zero attached hydrogens (tertiary/aromatic N) is 3. The van der Waals surface area contributed by atoms with E-state index in [2.05, 4.69) is 10.2 Å². The summed E-state index contributed by atoms with van der Waals surface area (Å²) in [5, 5.41) is 29.4. The van der Waals surface area contributed by atoms with E-state index in [0.717, 1.165) is 11.8 Å². The maximum Gasteiger partial charge on any atom is 0.281 e. The van der Waals surface area contributed by atoms with Gasteiger partial charge in [0.2, 0.25) is 5.89 Å². The average Bonchev–Trinajstić information content (AvgIpc) is 3.23. The Labute approximate surface area is 150 Å². The van der Waals surface area contributed by atoms with Crippen LogP contribution in [0.1, 0.15) is 11.7 Å². The van der Waals surface area contributed by atoms with Crippen LogP contribution >= 0.6 is 11.8 Å². The number of thioether (sulfide) groups is 1. The maximum atomic E-state index is 11.3. The van der Waals surface area contributed by atoms with Crippen LogP contribution in [-0.4, -0.2) is 21.1 Å². The first-order chi connectivity index (χ1) is 12.4. The van der Waals surface area contributed by atoms with Gasteiger partial charge in [0, 0.05) is 29.5 Å². The standard InChI is InChI=1S/C16H11N3O6S/c1-9-17-18-16(24-9)26-14(15(20)21)8-12-6-7-13(25-12)10-2-4-11(5-3-10)19(22)23/h2-8H,1H3,(H,20,21)/p-1/b14-8-. The molecule has 0 N–H and O–H groups in total. The van der Waals surface area contributed by atoms with Gasteiger partial charge >= 0.3 is 0 Å². The van der Waals surface area contributed by atoms with Gasteiger partial charge < -0.3 is 18.7 Å². The molecule has 0 saturated heterocycles. The van der Waals surface area contributed by atoms with Gasteiger partial charge in [0.25, 0.3) is 10.9 Å². The Morgan fingerprint density at radius 3 is 2.46 bits per heavy atom. The lowest BCUT2D eigenvalue weighted by atomic mass is 10.1. The smallest absolute Gasteiger partial charge is 0.281 e. The number of aliphatic carboxylic acids is 1. The minimum absolute atomic E-state index is 0.0362. The van der Waals surface area contributed by atoms with Crippen molar-refractivity contribution in [1.82, 2.24) is 10.2 Å². The molecule has 0 fully saturated rings. The predicted octanol–water partition coefficient (Wildman–Crippen LogP) is 2.43. The third-order valence-corrected chi connectivity index (χ3v) is 4.01. The van der Waals surface area contributed by atoms with Gasteiger partial charge in [-0.15, -0.1) is 10.2 Å². The fourth-order valence-corrected chi connectivity index (χ4v) is 2.70. The molecular weight excluding hydrogens is 362 g/mol. The third kappa shape index (κ3) is 3.98. The molecule has 0 spiro atoms. The quantitative estimate of drug-likeness (QED) is 0.276. The Morgan fingerprint density at radius 2 is 1.88 bits per heavy atom. The highest BCUT2D eigenvalue weighted by molar-refractivity contribution is 8.03. The van der Waals surface area contributed by atoms with Crippen molar-refractivity contribution in [2.75, 3.05) is 0 Å². The first kappa shape index (κ1) is 17.4. The number of nitro groups is 1. The minimum Gasteiger partial charge on any atom is -0.544 e. The Bertz CT molecular complexity index is 990. The van der Waals surface area contributed by atoms with Crippen LogP contribution in [0.4, 0.5) is 5.69 Å². The van der Waals surface area contributed by atoms with Gasteiger partial charge in [-0.05, 0) is 42.1 Å². The summed E-state index contributed by atoms with van der Waals surface area (Å²) in [5.74, 6) is -0.411. The summed E-state index contributed by atoms with van der Waals surface area (Å²) in [5.41, 5.74) is 0.580. The summed E-state index contributed by atoms with van der Waals surface area (Å²) in [6.45, 7) is 1.59. The lowest BCUT2D eigenvalue weighted by Crippen LogP contribution is -2.22. The second-order valence-corrected chi connectivity index (χ2v) is 5.98. The molecule has 0 aliphatic heterocycles. The van der Waals surface area contributed by atoms with Gasteiger partial charge in [0.15, 0.2) is 0 Å². The lowest BCUT2D eigenvalue weighted by Gasteiger charge is -2.04. The highest BCUT2D eigenvalue weighted by atomic mass is 32.2. The van der Waals surface area contributed by atoms with Crippen LogP contribution in [0.2, 0.25) is 0 Å². The molecular formula is C16H10N3O6S-. The molecule has 0 aliphatic rings. The molecule has 0 unspecified atom stereocenters. The second kappa shape index (κ2) is 7.23. The van der Waals surface area contributed by atoms with E-state index in [-0.39, 0.29) is 21.6 Å². The zero-order valence-corrected chi connectivity index (χ0v) is 14.1. The van der Waals surface area contributed by atoms with Crippen molar-refractivity contribution in [3.05, 3.63) is 63.1 Å². The molecule has 0 saturated carbocycles. The maximum absolute atomic E-state index is 11.3. The number of aromatic nitrogens is 2. The normalized spacial score (nSPS) is 11.5. The number of carboxylic acid groups (broad SMARTS) is 1. The van der Waals surface area contributed by atoms with Crippen molar-refractivity contribution < 1.29 is 23.7 Å². The van der Waals surface area contributed by atoms with Gasteiger partial charge in [0.1, 0.15) is 11.5 Å². The fourth-order valence-electron chi connectivity index (χ4n) is 2.01. The summed E-state index contributed by atoms with van der Waals surface area (Å²) in [7, 11) is 0. The van der Waals surface area contributed by atoms with E-state index in [1.165, 1.54) is 18.2 Å². The first-order valence-electron chi connectivity index (χ1n) is 7.18. The number of carbonyl (C=O) groups excluding carboxylic acids is 1. The molecule has 0 radical (unpaired) electrons. The zero-order chi connectivity index (χ0) is 18.7. The monoisotopic (exact) mass is 372 g/mol. The molecule has 2 heterocycles. The van der Waals surface area contributed by atoms with E-state index in [1.54, 1.807) is 31.2 Å². The summed E-state index contributed by atoms with van der Waals surface area (Å²) in [6, 6.07) is 8.99. The summed E-state index contributed by atoms with van der Waals surface area (Å²) in [4.78, 5) is 21.3. The number of rotatable bonds is 6. The number of nitro benzene ring substituents is 1. The van der Waals surface area contributed by atoms with E-state index in [9.17, 15) is 20.0 Å². The molecule has 3 aromatic rings. The second-order valence-electron chi connectivity index (χ2n) is 4.99. The zero-order valence-electron chi connectivity index (χ0n) is 13.2.